The first-order chi connectivity index (χ1) is 15.5. The number of hydrogen-bond acceptors (Lipinski definition) is 3. The van der Waals surface area contributed by atoms with Gasteiger partial charge in [0.1, 0.15) is 0 Å². The van der Waals surface area contributed by atoms with Crippen LogP contribution in [-0.2, 0) is 0 Å². The molecule has 0 saturated carbocycles. The van der Waals surface area contributed by atoms with Crippen LogP contribution in [0.15, 0.2) is 72.8 Å². The molecule has 1 aliphatic heterocycles. The molecule has 1 aliphatic rings. The van der Waals surface area contributed by atoms with Crippen LogP contribution >= 0.6 is 11.6 Å². The van der Waals surface area contributed by atoms with Gasteiger partial charge in [-0.05, 0) is 61.0 Å². The summed E-state index contributed by atoms with van der Waals surface area (Å²) in [5.74, 6) is 0.0908. The number of urea groups is 1. The monoisotopic (exact) mass is 448 g/mol. The Hall–Kier alpha value is -3.51. The minimum atomic E-state index is -0.330. The van der Waals surface area contributed by atoms with Gasteiger partial charge >= 0.3 is 6.03 Å². The number of aryl methyl sites for hydroxylation is 1. The molecule has 0 atom stereocenters. The Morgan fingerprint density at radius 1 is 0.812 bits per heavy atom. The summed E-state index contributed by atoms with van der Waals surface area (Å²) in [5, 5.41) is 6.14. The molecule has 3 amide bonds. The van der Waals surface area contributed by atoms with Crippen molar-refractivity contribution in [2.24, 2.45) is 0 Å². The molecule has 7 heteroatoms. The summed E-state index contributed by atoms with van der Waals surface area (Å²) >= 11 is 5.95. The zero-order chi connectivity index (χ0) is 22.5. The van der Waals surface area contributed by atoms with E-state index >= 15 is 0 Å². The molecule has 1 fully saturated rings. The van der Waals surface area contributed by atoms with Gasteiger partial charge in [0.2, 0.25) is 0 Å². The summed E-state index contributed by atoms with van der Waals surface area (Å²) in [4.78, 5) is 29.2. The van der Waals surface area contributed by atoms with Gasteiger partial charge in [0, 0.05) is 53.8 Å². The van der Waals surface area contributed by atoms with E-state index in [-0.39, 0.29) is 11.9 Å². The van der Waals surface area contributed by atoms with E-state index in [4.69, 9.17) is 11.6 Å². The van der Waals surface area contributed by atoms with Crippen LogP contribution in [0.4, 0.5) is 21.9 Å². The van der Waals surface area contributed by atoms with Crippen molar-refractivity contribution >= 4 is 40.6 Å². The Bertz CT molecular complexity index is 1110. The highest BCUT2D eigenvalue weighted by Gasteiger charge is 2.23. The fourth-order valence-corrected chi connectivity index (χ4v) is 3.96. The lowest BCUT2D eigenvalue weighted by Crippen LogP contribution is -2.48. The highest BCUT2D eigenvalue weighted by Crippen LogP contribution is 2.21. The van der Waals surface area contributed by atoms with Gasteiger partial charge in [0.15, 0.2) is 0 Å². The summed E-state index contributed by atoms with van der Waals surface area (Å²) in [5.41, 5.74) is 4.16. The number of rotatable bonds is 4. The minimum absolute atomic E-state index is 0.0908. The summed E-state index contributed by atoms with van der Waals surface area (Å²) in [6, 6.07) is 22.1. The maximum atomic E-state index is 12.8. The lowest BCUT2D eigenvalue weighted by molar-refractivity contribution is 0.0746. The molecule has 4 rings (SSSR count). The maximum absolute atomic E-state index is 12.8. The number of anilines is 3. The van der Waals surface area contributed by atoms with Crippen LogP contribution in [0.5, 0.6) is 0 Å². The number of amides is 3. The van der Waals surface area contributed by atoms with Crippen molar-refractivity contribution in [2.45, 2.75) is 6.92 Å². The minimum Gasteiger partial charge on any atom is -0.368 e. The molecule has 0 bridgehead atoms. The second-order valence-corrected chi connectivity index (χ2v) is 8.17. The van der Waals surface area contributed by atoms with Gasteiger partial charge in [-0.3, -0.25) is 4.79 Å². The average Bonchev–Trinajstić information content (AvgIpc) is 2.79. The van der Waals surface area contributed by atoms with E-state index in [0.717, 1.165) is 29.9 Å². The zero-order valence-corrected chi connectivity index (χ0v) is 18.6. The molecule has 0 spiro atoms. The Morgan fingerprint density at radius 2 is 1.50 bits per heavy atom. The van der Waals surface area contributed by atoms with Crippen LogP contribution in [0.1, 0.15) is 15.9 Å². The van der Waals surface area contributed by atoms with Crippen molar-refractivity contribution in [1.82, 2.24) is 4.90 Å². The molecule has 164 valence electrons. The molecule has 0 aliphatic carbocycles. The van der Waals surface area contributed by atoms with Gasteiger partial charge in [0.25, 0.3) is 5.91 Å². The smallest absolute Gasteiger partial charge is 0.323 e. The van der Waals surface area contributed by atoms with Crippen molar-refractivity contribution in [1.29, 1.82) is 0 Å². The number of nitrogens with one attached hydrogen (secondary N) is 2. The molecule has 32 heavy (non-hydrogen) atoms. The van der Waals surface area contributed by atoms with E-state index in [0.29, 0.717) is 29.5 Å². The van der Waals surface area contributed by atoms with Crippen LogP contribution in [0.2, 0.25) is 5.02 Å². The fourth-order valence-electron chi connectivity index (χ4n) is 3.77. The summed E-state index contributed by atoms with van der Waals surface area (Å²) in [6.07, 6.45) is 0. The van der Waals surface area contributed by atoms with E-state index < -0.39 is 0 Å². The van der Waals surface area contributed by atoms with E-state index in [1.54, 1.807) is 24.3 Å². The van der Waals surface area contributed by atoms with Crippen molar-refractivity contribution in [3.05, 3.63) is 88.9 Å². The molecule has 1 saturated heterocycles. The third kappa shape index (κ3) is 5.21. The fraction of sp³-hybridized carbons (Fsp3) is 0.200. The third-order valence-electron chi connectivity index (χ3n) is 5.52. The van der Waals surface area contributed by atoms with E-state index in [1.165, 1.54) is 0 Å². The quantitative estimate of drug-likeness (QED) is 0.572. The van der Waals surface area contributed by atoms with Crippen LogP contribution in [0, 0.1) is 6.92 Å². The molecule has 6 nitrogen and oxygen atoms in total. The number of carbonyl (C=O) groups excluding carboxylic acids is 2. The van der Waals surface area contributed by atoms with Crippen LogP contribution < -0.4 is 15.5 Å². The maximum Gasteiger partial charge on any atom is 0.323 e. The van der Waals surface area contributed by atoms with Crippen molar-refractivity contribution in [3.8, 4) is 0 Å². The molecule has 3 aromatic carbocycles. The average molecular weight is 449 g/mol. The Labute approximate surface area is 192 Å². The third-order valence-corrected chi connectivity index (χ3v) is 5.75. The number of benzene rings is 3. The number of piperazine rings is 1. The second-order valence-electron chi connectivity index (χ2n) is 7.73. The van der Waals surface area contributed by atoms with Gasteiger partial charge in [-0.15, -0.1) is 0 Å². The molecule has 1 heterocycles. The normalized spacial score (nSPS) is 13.6. The molecule has 0 radical (unpaired) electrons. The van der Waals surface area contributed by atoms with Crippen LogP contribution in [0.3, 0.4) is 0 Å². The van der Waals surface area contributed by atoms with Gasteiger partial charge in [0.05, 0.1) is 0 Å². The standard InChI is InChI=1S/C25H25ClN4O2/c1-18-5-2-3-8-23(18)24(31)30-15-13-29(14-16-30)22-11-9-20(10-12-22)27-25(32)28-21-7-4-6-19(26)17-21/h2-12,17H,13-16H2,1H3,(H2,27,28,32). The van der Waals surface area contributed by atoms with Gasteiger partial charge < -0.3 is 20.4 Å². The topological polar surface area (TPSA) is 64.7 Å². The number of halogens is 1. The molecular weight excluding hydrogens is 424 g/mol. The Kier molecular flexibility index (Phi) is 6.61. The second kappa shape index (κ2) is 9.75. The number of carbonyl (C=O) groups is 2. The highest BCUT2D eigenvalue weighted by atomic mass is 35.5. The van der Waals surface area contributed by atoms with Crippen molar-refractivity contribution < 1.29 is 9.59 Å². The van der Waals surface area contributed by atoms with Crippen molar-refractivity contribution in [3.63, 3.8) is 0 Å². The van der Waals surface area contributed by atoms with Gasteiger partial charge in [-0.1, -0.05) is 35.9 Å². The molecular formula is C25H25ClN4O2. The summed E-state index contributed by atoms with van der Waals surface area (Å²) < 4.78 is 0. The van der Waals surface area contributed by atoms with E-state index in [2.05, 4.69) is 15.5 Å². The first-order valence-corrected chi connectivity index (χ1v) is 10.9. The lowest BCUT2D eigenvalue weighted by atomic mass is 10.1. The van der Waals surface area contributed by atoms with E-state index in [1.807, 2.05) is 60.4 Å². The van der Waals surface area contributed by atoms with E-state index in [9.17, 15) is 9.59 Å². The van der Waals surface area contributed by atoms with Crippen LogP contribution in [-0.4, -0.2) is 43.0 Å². The highest BCUT2D eigenvalue weighted by molar-refractivity contribution is 6.30. The predicted molar refractivity (Wildman–Crippen MR) is 130 cm³/mol. The molecule has 0 aromatic heterocycles. The SMILES string of the molecule is Cc1ccccc1C(=O)N1CCN(c2ccc(NC(=O)Nc3cccc(Cl)c3)cc2)CC1. The number of hydrogen-bond donors (Lipinski definition) is 2. The molecule has 3 aromatic rings. The van der Waals surface area contributed by atoms with Crippen LogP contribution in [0.25, 0.3) is 0 Å². The predicted octanol–water partition coefficient (Wildman–Crippen LogP) is 5.25. The first kappa shape index (κ1) is 21.7. The van der Waals surface area contributed by atoms with Gasteiger partial charge in [-0.25, -0.2) is 4.79 Å². The Morgan fingerprint density at radius 3 is 2.19 bits per heavy atom. The summed E-state index contributed by atoms with van der Waals surface area (Å²) in [6.45, 7) is 4.85. The zero-order valence-electron chi connectivity index (χ0n) is 17.8. The van der Waals surface area contributed by atoms with Crippen molar-refractivity contribution in [2.75, 3.05) is 41.7 Å². The Balaban J connectivity index is 1.30. The number of nitrogens with zero attached hydrogens (tertiary/aromatic N) is 2. The molecule has 0 unspecified atom stereocenters. The van der Waals surface area contributed by atoms with Gasteiger partial charge in [-0.2, -0.15) is 0 Å². The molecule has 2 N–H and O–H groups in total. The lowest BCUT2D eigenvalue weighted by Gasteiger charge is -2.36. The first-order valence-electron chi connectivity index (χ1n) is 10.5. The largest absolute Gasteiger partial charge is 0.368 e. The summed E-state index contributed by atoms with van der Waals surface area (Å²) in [7, 11) is 0.